The van der Waals surface area contributed by atoms with E-state index in [1.54, 1.807) is 6.92 Å². The molecule has 142 valence electrons. The van der Waals surface area contributed by atoms with Gasteiger partial charge in [-0.05, 0) is 39.2 Å². The normalized spacial score (nSPS) is 27.6. The molecule has 2 rings (SSSR count). The third-order valence-electron chi connectivity index (χ3n) is 3.93. The van der Waals surface area contributed by atoms with E-state index in [0.717, 1.165) is 38.8 Å². The average Bonchev–Trinajstić information content (AvgIpc) is 2.93. The van der Waals surface area contributed by atoms with Crippen molar-refractivity contribution >= 4 is 16.0 Å². The molecule has 2 aliphatic rings. The Labute approximate surface area is 139 Å². The molecule has 0 saturated carbocycles. The van der Waals surface area contributed by atoms with E-state index in [-0.39, 0.29) is 17.5 Å². The number of rotatable bonds is 4. The number of alkyl halides is 3. The van der Waals surface area contributed by atoms with Gasteiger partial charge in [-0.2, -0.15) is 13.2 Å². The first-order valence-electron chi connectivity index (χ1n) is 7.66. The molecule has 1 spiro atoms. The summed E-state index contributed by atoms with van der Waals surface area (Å²) in [5, 5.41) is 10.4. The molecule has 0 aromatic heterocycles. The van der Waals surface area contributed by atoms with E-state index in [1.807, 2.05) is 0 Å². The van der Waals surface area contributed by atoms with Crippen molar-refractivity contribution in [1.82, 2.24) is 10.0 Å². The van der Waals surface area contributed by atoms with Crippen LogP contribution in [-0.4, -0.2) is 62.8 Å². The van der Waals surface area contributed by atoms with Crippen molar-refractivity contribution in [2.24, 2.45) is 0 Å². The van der Waals surface area contributed by atoms with Crippen molar-refractivity contribution < 1.29 is 36.2 Å². The van der Waals surface area contributed by atoms with Gasteiger partial charge in [-0.15, -0.1) is 0 Å². The maximum absolute atomic E-state index is 11.4. The van der Waals surface area contributed by atoms with Crippen LogP contribution < -0.4 is 10.0 Å². The Morgan fingerprint density at radius 3 is 2.50 bits per heavy atom. The highest BCUT2D eigenvalue weighted by atomic mass is 32.2. The topological polar surface area (TPSA) is 105 Å². The molecule has 7 nitrogen and oxygen atoms in total. The van der Waals surface area contributed by atoms with E-state index >= 15 is 0 Å². The Balaban J connectivity index is 0.000000351. The molecule has 11 heteroatoms. The van der Waals surface area contributed by atoms with Gasteiger partial charge in [0, 0.05) is 13.1 Å². The summed E-state index contributed by atoms with van der Waals surface area (Å²) in [5.74, 6) is -2.63. The highest BCUT2D eigenvalue weighted by Crippen LogP contribution is 2.33. The number of carboxylic acid groups (broad SMARTS) is 1. The van der Waals surface area contributed by atoms with Gasteiger partial charge in [0.25, 0.3) is 0 Å². The minimum absolute atomic E-state index is 0.0272. The fourth-order valence-corrected chi connectivity index (χ4v) is 3.27. The smallest absolute Gasteiger partial charge is 0.475 e. The van der Waals surface area contributed by atoms with Gasteiger partial charge in [0.05, 0.1) is 17.5 Å². The number of nitrogens with one attached hydrogen (secondary N) is 2. The van der Waals surface area contributed by atoms with Crippen LogP contribution in [0.5, 0.6) is 0 Å². The first-order valence-corrected chi connectivity index (χ1v) is 9.31. The van der Waals surface area contributed by atoms with Crippen LogP contribution >= 0.6 is 0 Å². The summed E-state index contributed by atoms with van der Waals surface area (Å²) in [4.78, 5) is 8.90. The minimum atomic E-state index is -5.08. The molecule has 0 aromatic carbocycles. The first-order chi connectivity index (χ1) is 11.0. The van der Waals surface area contributed by atoms with E-state index in [0.29, 0.717) is 6.54 Å². The van der Waals surface area contributed by atoms with E-state index in [4.69, 9.17) is 14.6 Å². The lowest BCUT2D eigenvalue weighted by Gasteiger charge is -2.38. The number of sulfonamides is 1. The van der Waals surface area contributed by atoms with Gasteiger partial charge in [-0.25, -0.2) is 17.9 Å². The molecule has 3 N–H and O–H groups in total. The lowest BCUT2D eigenvalue weighted by Crippen LogP contribution is -2.46. The molecule has 0 amide bonds. The Bertz CT molecular complexity index is 518. The van der Waals surface area contributed by atoms with Crippen LogP contribution in [0.2, 0.25) is 0 Å². The van der Waals surface area contributed by atoms with Gasteiger partial charge in [-0.3, -0.25) is 0 Å². The third-order valence-corrected chi connectivity index (χ3v) is 5.30. The summed E-state index contributed by atoms with van der Waals surface area (Å²) >= 11 is 0. The fourth-order valence-electron chi connectivity index (χ4n) is 2.62. The van der Waals surface area contributed by atoms with Crippen molar-refractivity contribution in [3.63, 3.8) is 0 Å². The quantitative estimate of drug-likeness (QED) is 0.672. The van der Waals surface area contributed by atoms with Crippen LogP contribution in [0.4, 0.5) is 13.2 Å². The highest BCUT2D eigenvalue weighted by Gasteiger charge is 2.40. The van der Waals surface area contributed by atoms with Crippen LogP contribution in [0.1, 0.15) is 32.6 Å². The fraction of sp³-hybridized carbons (Fsp3) is 0.923. The largest absolute Gasteiger partial charge is 0.490 e. The van der Waals surface area contributed by atoms with Gasteiger partial charge >= 0.3 is 12.1 Å². The zero-order valence-electron chi connectivity index (χ0n) is 13.4. The molecular formula is C13H23F3N2O5S. The van der Waals surface area contributed by atoms with E-state index in [9.17, 15) is 21.6 Å². The van der Waals surface area contributed by atoms with Crippen molar-refractivity contribution in [2.75, 3.05) is 25.4 Å². The second-order valence-electron chi connectivity index (χ2n) is 5.80. The molecule has 0 radical (unpaired) electrons. The molecule has 0 aromatic rings. The van der Waals surface area contributed by atoms with Gasteiger partial charge in [0.1, 0.15) is 0 Å². The third kappa shape index (κ3) is 6.91. The number of hydrogen-bond donors (Lipinski definition) is 3. The van der Waals surface area contributed by atoms with Crippen molar-refractivity contribution in [3.05, 3.63) is 0 Å². The molecule has 2 atom stereocenters. The number of ether oxygens (including phenoxy) is 1. The lowest BCUT2D eigenvalue weighted by molar-refractivity contribution is -0.192. The van der Waals surface area contributed by atoms with Crippen LogP contribution in [0, 0.1) is 0 Å². The molecule has 0 unspecified atom stereocenters. The summed E-state index contributed by atoms with van der Waals surface area (Å²) in [5.41, 5.74) is -0.0272. The number of carbonyl (C=O) groups is 1. The second-order valence-corrected chi connectivity index (χ2v) is 7.89. The van der Waals surface area contributed by atoms with Gasteiger partial charge in [0.2, 0.25) is 10.0 Å². The van der Waals surface area contributed by atoms with Crippen molar-refractivity contribution in [2.45, 2.75) is 50.5 Å². The summed E-state index contributed by atoms with van der Waals surface area (Å²) in [7, 11) is -3.10. The molecule has 2 heterocycles. The Morgan fingerprint density at radius 1 is 1.42 bits per heavy atom. The standard InChI is InChI=1S/C11H22N2O3S.C2HF3O2/c1-2-17(14,15)13-8-10-4-3-5-11(16-10)6-7-12-9-11;3-2(4,5)1(6)7/h10,12-13H,2-9H2,1H3;(H,6,7)/t10-,11-;/m1./s1. The predicted molar refractivity (Wildman–Crippen MR) is 80.1 cm³/mol. The van der Waals surface area contributed by atoms with Gasteiger partial charge in [0.15, 0.2) is 0 Å². The van der Waals surface area contributed by atoms with E-state index in [2.05, 4.69) is 10.0 Å². The highest BCUT2D eigenvalue weighted by molar-refractivity contribution is 7.89. The number of halogens is 3. The van der Waals surface area contributed by atoms with Crippen LogP contribution in [0.15, 0.2) is 0 Å². The SMILES string of the molecule is CCS(=O)(=O)NC[C@H]1CCC[C@]2(CCNC2)O1.O=C(O)C(F)(F)F. The summed E-state index contributed by atoms with van der Waals surface area (Å²) in [6, 6.07) is 0. The molecule has 0 bridgehead atoms. The van der Waals surface area contributed by atoms with E-state index < -0.39 is 22.2 Å². The molecule has 0 aliphatic carbocycles. The molecular weight excluding hydrogens is 353 g/mol. The zero-order valence-corrected chi connectivity index (χ0v) is 14.2. The number of aliphatic carboxylic acids is 1. The predicted octanol–water partition coefficient (Wildman–Crippen LogP) is 0.860. The molecule has 24 heavy (non-hydrogen) atoms. The summed E-state index contributed by atoms with van der Waals surface area (Å²) in [6.45, 7) is 3.97. The number of carboxylic acids is 1. The van der Waals surface area contributed by atoms with Crippen molar-refractivity contribution in [3.8, 4) is 0 Å². The molecule has 2 aliphatic heterocycles. The average molecular weight is 376 g/mol. The molecule has 2 saturated heterocycles. The Kier molecular flexibility index (Phi) is 7.44. The summed E-state index contributed by atoms with van der Waals surface area (Å²) in [6.07, 6.45) is -0.833. The maximum Gasteiger partial charge on any atom is 0.490 e. The monoisotopic (exact) mass is 376 g/mol. The lowest BCUT2D eigenvalue weighted by atomic mass is 9.91. The van der Waals surface area contributed by atoms with Crippen LogP contribution in [0.25, 0.3) is 0 Å². The van der Waals surface area contributed by atoms with E-state index in [1.165, 1.54) is 0 Å². The second kappa shape index (κ2) is 8.45. The number of hydrogen-bond acceptors (Lipinski definition) is 5. The Morgan fingerprint density at radius 2 is 2.04 bits per heavy atom. The molecule has 2 fully saturated rings. The Hall–Kier alpha value is -0.910. The van der Waals surface area contributed by atoms with Crippen molar-refractivity contribution in [1.29, 1.82) is 0 Å². The van der Waals surface area contributed by atoms with Gasteiger partial charge < -0.3 is 15.2 Å². The van der Waals surface area contributed by atoms with Crippen LogP contribution in [0.3, 0.4) is 0 Å². The van der Waals surface area contributed by atoms with Crippen LogP contribution in [-0.2, 0) is 19.6 Å². The maximum atomic E-state index is 11.4. The first kappa shape index (κ1) is 21.1. The summed E-state index contributed by atoms with van der Waals surface area (Å²) < 4.78 is 63.2. The zero-order chi connectivity index (χ0) is 18.4. The minimum Gasteiger partial charge on any atom is -0.475 e. The van der Waals surface area contributed by atoms with Gasteiger partial charge in [-0.1, -0.05) is 0 Å².